The molecule has 0 amide bonds. The van der Waals surface area contributed by atoms with Crippen LogP contribution in [0, 0.1) is 5.82 Å². The Morgan fingerprint density at radius 2 is 2.09 bits per heavy atom. The molecular weight excluding hydrogens is 309 g/mol. The molecule has 1 heterocycles. The van der Waals surface area contributed by atoms with Crippen LogP contribution in [0.2, 0.25) is 0 Å². The molecule has 6 nitrogen and oxygen atoms in total. The summed E-state index contributed by atoms with van der Waals surface area (Å²) < 4.78 is 25.2. The van der Waals surface area contributed by atoms with Crippen molar-refractivity contribution in [1.29, 1.82) is 0 Å². The van der Waals surface area contributed by atoms with Crippen molar-refractivity contribution in [3.05, 3.63) is 36.4 Å². The average molecular weight is 327 g/mol. The summed E-state index contributed by atoms with van der Waals surface area (Å²) in [5, 5.41) is 18.2. The summed E-state index contributed by atoms with van der Waals surface area (Å²) in [5.41, 5.74) is 0. The third kappa shape index (κ3) is 5.63. The van der Waals surface area contributed by atoms with Crippen LogP contribution < -0.4 is 4.74 Å². The van der Waals surface area contributed by atoms with Gasteiger partial charge < -0.3 is 19.1 Å². The van der Waals surface area contributed by atoms with Crippen LogP contribution in [-0.2, 0) is 11.8 Å². The molecule has 1 N–H and O–H groups in total. The molecular formula is C14H18FN3O3S. The molecule has 0 spiro atoms. The second-order valence-corrected chi connectivity index (χ2v) is 5.55. The molecule has 0 aliphatic carbocycles. The number of hydrogen-bond donors (Lipinski definition) is 1. The smallest absolute Gasteiger partial charge is 0.190 e. The molecule has 1 aromatic carbocycles. The van der Waals surface area contributed by atoms with Gasteiger partial charge in [-0.05, 0) is 24.3 Å². The first-order valence-corrected chi connectivity index (χ1v) is 7.74. The Kier molecular flexibility index (Phi) is 6.63. The van der Waals surface area contributed by atoms with Crippen LogP contribution in [0.1, 0.15) is 0 Å². The van der Waals surface area contributed by atoms with Gasteiger partial charge in [-0.25, -0.2) is 4.39 Å². The van der Waals surface area contributed by atoms with Gasteiger partial charge in [-0.3, -0.25) is 0 Å². The summed E-state index contributed by atoms with van der Waals surface area (Å²) in [6.07, 6.45) is 1.02. The van der Waals surface area contributed by atoms with Gasteiger partial charge in [0.2, 0.25) is 0 Å². The third-order valence-electron chi connectivity index (χ3n) is 2.69. The minimum Gasteiger partial charge on any atom is -0.491 e. The van der Waals surface area contributed by atoms with Gasteiger partial charge in [0.05, 0.1) is 19.3 Å². The van der Waals surface area contributed by atoms with E-state index in [2.05, 4.69) is 10.2 Å². The number of rotatable bonds is 9. The number of aliphatic hydroxyl groups is 1. The van der Waals surface area contributed by atoms with Gasteiger partial charge in [0, 0.05) is 12.8 Å². The third-order valence-corrected chi connectivity index (χ3v) is 3.87. The molecule has 8 heteroatoms. The summed E-state index contributed by atoms with van der Waals surface area (Å²) >= 11 is 1.42. The Labute approximate surface area is 132 Å². The number of benzene rings is 1. The number of hydrogen-bond acceptors (Lipinski definition) is 6. The number of aliphatic hydroxyl groups excluding tert-OH is 1. The summed E-state index contributed by atoms with van der Waals surface area (Å²) in [6.45, 7) is 0.912. The molecule has 0 radical (unpaired) electrons. The Bertz CT molecular complexity index is 565. The molecule has 1 unspecified atom stereocenters. The highest BCUT2D eigenvalue weighted by atomic mass is 32.2. The molecule has 0 aliphatic heterocycles. The normalized spacial score (nSPS) is 12.3. The summed E-state index contributed by atoms with van der Waals surface area (Å²) in [4.78, 5) is 0. The topological polar surface area (TPSA) is 69.4 Å². The Morgan fingerprint density at radius 1 is 1.32 bits per heavy atom. The molecule has 0 saturated heterocycles. The van der Waals surface area contributed by atoms with Gasteiger partial charge in [0.1, 0.15) is 24.5 Å². The number of thioether (sulfide) groups is 1. The van der Waals surface area contributed by atoms with Crippen LogP contribution >= 0.6 is 11.8 Å². The lowest BCUT2D eigenvalue weighted by Crippen LogP contribution is -2.20. The summed E-state index contributed by atoms with van der Waals surface area (Å²) in [5.74, 6) is 0.765. The lowest BCUT2D eigenvalue weighted by molar-refractivity contribution is 0.0348. The first-order chi connectivity index (χ1) is 10.6. The minimum absolute atomic E-state index is 0.220. The highest BCUT2D eigenvalue weighted by Crippen LogP contribution is 2.14. The Balaban J connectivity index is 1.54. The lowest BCUT2D eigenvalue weighted by atomic mass is 10.3. The number of aromatic nitrogens is 3. The van der Waals surface area contributed by atoms with E-state index in [4.69, 9.17) is 9.47 Å². The van der Waals surface area contributed by atoms with E-state index in [9.17, 15) is 9.50 Å². The van der Waals surface area contributed by atoms with Gasteiger partial charge in [0.25, 0.3) is 0 Å². The monoisotopic (exact) mass is 327 g/mol. The predicted molar refractivity (Wildman–Crippen MR) is 80.4 cm³/mol. The van der Waals surface area contributed by atoms with Crippen molar-refractivity contribution >= 4 is 11.8 Å². The molecule has 2 rings (SSSR count). The van der Waals surface area contributed by atoms with Crippen LogP contribution in [0.4, 0.5) is 4.39 Å². The van der Waals surface area contributed by atoms with Crippen molar-refractivity contribution in [3.8, 4) is 5.75 Å². The molecule has 1 aromatic heterocycles. The zero-order valence-electron chi connectivity index (χ0n) is 12.2. The van der Waals surface area contributed by atoms with E-state index in [1.165, 1.54) is 23.9 Å². The fourth-order valence-corrected chi connectivity index (χ4v) is 2.38. The molecule has 2 aromatic rings. The van der Waals surface area contributed by atoms with Gasteiger partial charge in [-0.2, -0.15) is 0 Å². The van der Waals surface area contributed by atoms with Crippen molar-refractivity contribution in [2.75, 3.05) is 25.6 Å². The number of ether oxygens (including phenoxy) is 2. The maximum atomic E-state index is 12.7. The Morgan fingerprint density at radius 3 is 2.77 bits per heavy atom. The predicted octanol–water partition coefficient (Wildman–Crippen LogP) is 1.50. The van der Waals surface area contributed by atoms with E-state index in [1.54, 1.807) is 23.0 Å². The van der Waals surface area contributed by atoms with E-state index in [1.807, 2.05) is 7.05 Å². The second kappa shape index (κ2) is 8.72. The fraction of sp³-hybridized carbons (Fsp3) is 0.429. The van der Waals surface area contributed by atoms with E-state index in [0.29, 0.717) is 24.7 Å². The number of aryl methyl sites for hydroxylation is 1. The van der Waals surface area contributed by atoms with Crippen LogP contribution in [0.5, 0.6) is 5.75 Å². The summed E-state index contributed by atoms with van der Waals surface area (Å²) in [7, 11) is 1.85. The van der Waals surface area contributed by atoms with E-state index in [-0.39, 0.29) is 12.4 Å². The highest BCUT2D eigenvalue weighted by molar-refractivity contribution is 7.99. The Hall–Kier alpha value is -1.64. The highest BCUT2D eigenvalue weighted by Gasteiger charge is 2.08. The largest absolute Gasteiger partial charge is 0.491 e. The van der Waals surface area contributed by atoms with Gasteiger partial charge >= 0.3 is 0 Å². The van der Waals surface area contributed by atoms with Crippen LogP contribution in [0.15, 0.2) is 35.7 Å². The lowest BCUT2D eigenvalue weighted by Gasteiger charge is -2.11. The van der Waals surface area contributed by atoms with Crippen molar-refractivity contribution in [1.82, 2.24) is 14.8 Å². The first-order valence-electron chi connectivity index (χ1n) is 6.76. The molecule has 0 fully saturated rings. The van der Waals surface area contributed by atoms with Crippen molar-refractivity contribution < 1.29 is 19.0 Å². The molecule has 0 bridgehead atoms. The van der Waals surface area contributed by atoms with E-state index < -0.39 is 6.10 Å². The van der Waals surface area contributed by atoms with Crippen molar-refractivity contribution in [3.63, 3.8) is 0 Å². The minimum atomic E-state index is -0.590. The number of halogens is 1. The molecule has 1 atom stereocenters. The zero-order chi connectivity index (χ0) is 15.8. The molecule has 0 aliphatic rings. The summed E-state index contributed by atoms with van der Waals surface area (Å²) in [6, 6.07) is 5.79. The SMILES string of the molecule is Cn1cnnc1SCC(O)COCCOc1ccc(F)cc1. The van der Waals surface area contributed by atoms with Crippen molar-refractivity contribution in [2.45, 2.75) is 11.3 Å². The fourth-order valence-electron chi connectivity index (χ4n) is 1.59. The van der Waals surface area contributed by atoms with Crippen LogP contribution in [-0.4, -0.2) is 51.5 Å². The van der Waals surface area contributed by atoms with Crippen LogP contribution in [0.3, 0.4) is 0 Å². The average Bonchev–Trinajstić information content (AvgIpc) is 2.92. The maximum absolute atomic E-state index is 12.7. The second-order valence-electron chi connectivity index (χ2n) is 4.57. The van der Waals surface area contributed by atoms with Gasteiger partial charge in [-0.1, -0.05) is 11.8 Å². The van der Waals surface area contributed by atoms with Gasteiger partial charge in [0.15, 0.2) is 5.16 Å². The van der Waals surface area contributed by atoms with E-state index in [0.717, 1.165) is 5.16 Å². The molecule has 120 valence electrons. The first kappa shape index (κ1) is 16.7. The van der Waals surface area contributed by atoms with Crippen molar-refractivity contribution in [2.24, 2.45) is 7.05 Å². The number of nitrogens with zero attached hydrogens (tertiary/aromatic N) is 3. The maximum Gasteiger partial charge on any atom is 0.190 e. The standard InChI is InChI=1S/C14H18FN3O3S/c1-18-10-16-17-14(18)22-9-12(19)8-20-6-7-21-13-4-2-11(15)3-5-13/h2-5,10,12,19H,6-9H2,1H3. The quantitative estimate of drug-likeness (QED) is 0.556. The molecule has 0 saturated carbocycles. The molecule has 22 heavy (non-hydrogen) atoms. The van der Waals surface area contributed by atoms with Gasteiger partial charge in [-0.15, -0.1) is 10.2 Å². The van der Waals surface area contributed by atoms with E-state index >= 15 is 0 Å². The zero-order valence-corrected chi connectivity index (χ0v) is 13.0. The van der Waals surface area contributed by atoms with Crippen LogP contribution in [0.25, 0.3) is 0 Å².